The topological polar surface area (TPSA) is 82.2 Å². The summed E-state index contributed by atoms with van der Waals surface area (Å²) in [5, 5.41) is 3.73. The van der Waals surface area contributed by atoms with Gasteiger partial charge in [-0.1, -0.05) is 6.58 Å². The number of nitrogens with one attached hydrogen (secondary N) is 2. The minimum Gasteiger partial charge on any atom is -0.489 e. The van der Waals surface area contributed by atoms with Crippen molar-refractivity contribution in [2.24, 2.45) is 0 Å². The van der Waals surface area contributed by atoms with Crippen LogP contribution in [0.5, 0.6) is 5.75 Å². The highest BCUT2D eigenvalue weighted by Crippen LogP contribution is 2.29. The highest BCUT2D eigenvalue weighted by molar-refractivity contribution is 5.87. The van der Waals surface area contributed by atoms with Crippen LogP contribution in [0.2, 0.25) is 0 Å². The van der Waals surface area contributed by atoms with E-state index in [1.54, 1.807) is 0 Å². The van der Waals surface area contributed by atoms with Crippen LogP contribution in [0.25, 0.3) is 11.0 Å². The maximum absolute atomic E-state index is 12.6. The molecule has 1 aromatic heterocycles. The van der Waals surface area contributed by atoms with Gasteiger partial charge in [-0.05, 0) is 44.0 Å². The molecule has 0 bridgehead atoms. The van der Waals surface area contributed by atoms with Crippen molar-refractivity contribution in [1.29, 1.82) is 0 Å². The Kier molecular flexibility index (Phi) is 7.29. The van der Waals surface area contributed by atoms with Crippen LogP contribution in [-0.4, -0.2) is 51.9 Å². The van der Waals surface area contributed by atoms with Crippen LogP contribution in [-0.2, 0) is 16.0 Å². The Labute approximate surface area is 176 Å². The number of amides is 1. The van der Waals surface area contributed by atoms with E-state index >= 15 is 0 Å². The fourth-order valence-electron chi connectivity index (χ4n) is 3.64. The highest BCUT2D eigenvalue weighted by Gasteiger charge is 2.18. The molecular weight excluding hydrogens is 384 g/mol. The van der Waals surface area contributed by atoms with Crippen molar-refractivity contribution < 1.29 is 23.6 Å². The third-order valence-corrected chi connectivity index (χ3v) is 5.47. The monoisotopic (exact) mass is 415 g/mol. The molecule has 2 heterocycles. The summed E-state index contributed by atoms with van der Waals surface area (Å²) in [5.74, 6) is 0.486. The summed E-state index contributed by atoms with van der Waals surface area (Å²) in [6.45, 7) is 14.7. The molecule has 0 unspecified atom stereocenters. The normalized spacial score (nSPS) is 14.6. The number of fused-ring (bicyclic) bond motifs is 1. The van der Waals surface area contributed by atoms with Crippen molar-refractivity contribution in [2.75, 3.05) is 46.0 Å². The van der Waals surface area contributed by atoms with E-state index in [1.165, 1.54) is 4.90 Å². The number of aryl methyl sites for hydroxylation is 2. The Hall–Kier alpha value is -2.64. The van der Waals surface area contributed by atoms with Gasteiger partial charge in [-0.25, -0.2) is 4.79 Å². The average molecular weight is 416 g/mol. The molecule has 1 aromatic carbocycles. The fraction of sp³-hybridized carbons (Fsp3) is 0.478. The van der Waals surface area contributed by atoms with Gasteiger partial charge >= 0.3 is 5.63 Å². The van der Waals surface area contributed by atoms with Gasteiger partial charge in [0.25, 0.3) is 0 Å². The lowest BCUT2D eigenvalue weighted by atomic mass is 10.0. The molecular formula is C23H31N2O5+. The number of carbonyl (C=O) groups is 1. The summed E-state index contributed by atoms with van der Waals surface area (Å²) in [6, 6.07) is 3.74. The molecule has 2 aromatic rings. The van der Waals surface area contributed by atoms with Crippen LogP contribution in [0.3, 0.4) is 0 Å². The van der Waals surface area contributed by atoms with Crippen LogP contribution in [0.4, 0.5) is 0 Å². The summed E-state index contributed by atoms with van der Waals surface area (Å²) in [4.78, 5) is 26.5. The molecule has 2 N–H and O–H groups in total. The van der Waals surface area contributed by atoms with Gasteiger partial charge < -0.3 is 24.1 Å². The van der Waals surface area contributed by atoms with Gasteiger partial charge in [0.15, 0.2) is 0 Å². The Morgan fingerprint density at radius 3 is 2.67 bits per heavy atom. The molecule has 0 aliphatic carbocycles. The Bertz CT molecular complexity index is 989. The van der Waals surface area contributed by atoms with Crippen LogP contribution >= 0.6 is 0 Å². The SMILES string of the molecule is C=C(C)COc1ccc2c(C)c(CC(=O)NCC[NH+]3CCOCC3)c(=O)oc2c1C. The van der Waals surface area contributed by atoms with Crippen molar-refractivity contribution in [3.05, 3.63) is 51.4 Å². The number of morpholine rings is 1. The van der Waals surface area contributed by atoms with E-state index in [2.05, 4.69) is 11.9 Å². The quantitative estimate of drug-likeness (QED) is 0.495. The van der Waals surface area contributed by atoms with Gasteiger partial charge in [-0.3, -0.25) is 4.79 Å². The van der Waals surface area contributed by atoms with Crippen molar-refractivity contribution >= 4 is 16.9 Å². The fourth-order valence-corrected chi connectivity index (χ4v) is 3.64. The molecule has 0 atom stereocenters. The first kappa shape index (κ1) is 22.1. The zero-order valence-corrected chi connectivity index (χ0v) is 18.1. The Balaban J connectivity index is 1.71. The van der Waals surface area contributed by atoms with Crippen LogP contribution in [0.1, 0.15) is 23.6 Å². The predicted molar refractivity (Wildman–Crippen MR) is 115 cm³/mol. The van der Waals surface area contributed by atoms with E-state index in [-0.39, 0.29) is 12.3 Å². The van der Waals surface area contributed by atoms with E-state index in [1.807, 2.05) is 32.9 Å². The molecule has 0 radical (unpaired) electrons. The van der Waals surface area contributed by atoms with Crippen LogP contribution in [0.15, 0.2) is 33.5 Å². The number of hydrogen-bond donors (Lipinski definition) is 2. The lowest BCUT2D eigenvalue weighted by molar-refractivity contribution is -0.906. The van der Waals surface area contributed by atoms with E-state index in [9.17, 15) is 9.59 Å². The third kappa shape index (κ3) is 5.29. The Morgan fingerprint density at radius 1 is 1.23 bits per heavy atom. The summed E-state index contributed by atoms with van der Waals surface area (Å²) in [6.07, 6.45) is 0.00943. The molecule has 1 aliphatic rings. The number of quaternary nitrogens is 1. The molecule has 1 amide bonds. The first-order valence-corrected chi connectivity index (χ1v) is 10.4. The van der Waals surface area contributed by atoms with Gasteiger partial charge in [0.1, 0.15) is 31.0 Å². The second kappa shape index (κ2) is 9.91. The summed E-state index contributed by atoms with van der Waals surface area (Å²) >= 11 is 0. The lowest BCUT2D eigenvalue weighted by Gasteiger charge is -2.23. The summed E-state index contributed by atoms with van der Waals surface area (Å²) in [5.41, 5.74) is 2.85. The van der Waals surface area contributed by atoms with Gasteiger partial charge in [-0.15, -0.1) is 0 Å². The molecule has 1 saturated heterocycles. The number of rotatable bonds is 8. The second-order valence-electron chi connectivity index (χ2n) is 7.94. The first-order valence-electron chi connectivity index (χ1n) is 10.4. The zero-order valence-electron chi connectivity index (χ0n) is 18.1. The van der Waals surface area contributed by atoms with Crippen molar-refractivity contribution in [1.82, 2.24) is 5.32 Å². The second-order valence-corrected chi connectivity index (χ2v) is 7.94. The van der Waals surface area contributed by atoms with E-state index < -0.39 is 5.63 Å². The summed E-state index contributed by atoms with van der Waals surface area (Å²) < 4.78 is 16.7. The highest BCUT2D eigenvalue weighted by atomic mass is 16.5. The molecule has 1 fully saturated rings. The average Bonchev–Trinajstić information content (AvgIpc) is 2.72. The zero-order chi connectivity index (χ0) is 21.7. The van der Waals surface area contributed by atoms with E-state index in [0.717, 1.165) is 54.9 Å². The molecule has 162 valence electrons. The number of benzene rings is 1. The minimum atomic E-state index is -0.478. The molecule has 1 aliphatic heterocycles. The minimum absolute atomic E-state index is 0.00943. The van der Waals surface area contributed by atoms with Gasteiger partial charge in [0, 0.05) is 10.9 Å². The van der Waals surface area contributed by atoms with E-state index in [0.29, 0.717) is 30.0 Å². The Morgan fingerprint density at radius 2 is 1.97 bits per heavy atom. The number of carbonyl (C=O) groups excluding carboxylic acids is 1. The van der Waals surface area contributed by atoms with E-state index in [4.69, 9.17) is 13.9 Å². The molecule has 7 heteroatoms. The predicted octanol–water partition coefficient (Wildman–Crippen LogP) is 0.939. The first-order chi connectivity index (χ1) is 14.4. The largest absolute Gasteiger partial charge is 0.489 e. The van der Waals surface area contributed by atoms with Crippen molar-refractivity contribution in [3.8, 4) is 5.75 Å². The molecule has 7 nitrogen and oxygen atoms in total. The molecule has 3 rings (SSSR count). The maximum atomic E-state index is 12.6. The van der Waals surface area contributed by atoms with Crippen molar-refractivity contribution in [2.45, 2.75) is 27.2 Å². The van der Waals surface area contributed by atoms with Crippen molar-refractivity contribution in [3.63, 3.8) is 0 Å². The molecule has 0 saturated carbocycles. The van der Waals surface area contributed by atoms with Gasteiger partial charge in [0.2, 0.25) is 5.91 Å². The van der Waals surface area contributed by atoms with Gasteiger partial charge in [-0.2, -0.15) is 0 Å². The number of ether oxygens (including phenoxy) is 2. The summed E-state index contributed by atoms with van der Waals surface area (Å²) in [7, 11) is 0. The van der Waals surface area contributed by atoms with Crippen LogP contribution in [0, 0.1) is 13.8 Å². The van der Waals surface area contributed by atoms with Crippen LogP contribution < -0.4 is 20.6 Å². The lowest BCUT2D eigenvalue weighted by Crippen LogP contribution is -3.14. The third-order valence-electron chi connectivity index (χ3n) is 5.47. The standard InChI is InChI=1S/C23H30N2O5/c1-15(2)14-29-20-6-5-18-16(3)19(23(27)30-22(18)17(20)4)13-21(26)24-7-8-25-9-11-28-12-10-25/h5-6H,1,7-14H2,2-4H3,(H,24,26)/p+1. The maximum Gasteiger partial charge on any atom is 0.340 e. The molecule has 30 heavy (non-hydrogen) atoms. The van der Waals surface area contributed by atoms with Gasteiger partial charge in [0.05, 0.1) is 38.3 Å². The number of hydrogen-bond acceptors (Lipinski definition) is 5. The smallest absolute Gasteiger partial charge is 0.340 e. The molecule has 0 spiro atoms.